The first-order valence-corrected chi connectivity index (χ1v) is 6.29. The lowest BCUT2D eigenvalue weighted by Crippen LogP contribution is -2.46. The predicted molar refractivity (Wildman–Crippen MR) is 68.3 cm³/mol. The Bertz CT molecular complexity index is 431. The van der Waals surface area contributed by atoms with E-state index >= 15 is 0 Å². The van der Waals surface area contributed by atoms with Gasteiger partial charge < -0.3 is 10.2 Å². The number of aliphatic hydroxyl groups excluding tert-OH is 1. The third-order valence-electron chi connectivity index (χ3n) is 3.47. The normalized spacial score (nSPS) is 21.3. The summed E-state index contributed by atoms with van der Waals surface area (Å²) in [4.78, 5) is 13.3. The maximum atomic E-state index is 11.3. The smallest absolute Gasteiger partial charge is 0.321 e. The number of hydrogen-bond acceptors (Lipinski definition) is 3. The van der Waals surface area contributed by atoms with Crippen LogP contribution < -0.4 is 0 Å². The van der Waals surface area contributed by atoms with Gasteiger partial charge in [-0.1, -0.05) is 24.3 Å². The van der Waals surface area contributed by atoms with Crippen LogP contribution in [0.4, 0.5) is 0 Å². The van der Waals surface area contributed by atoms with E-state index < -0.39 is 18.1 Å². The van der Waals surface area contributed by atoms with Gasteiger partial charge in [0.25, 0.3) is 0 Å². The summed E-state index contributed by atoms with van der Waals surface area (Å²) < 4.78 is 0. The number of carbonyl (C=O) groups is 1. The Morgan fingerprint density at radius 1 is 1.44 bits per heavy atom. The summed E-state index contributed by atoms with van der Waals surface area (Å²) >= 11 is 0. The summed E-state index contributed by atoms with van der Waals surface area (Å²) in [6, 6.07) is 7.49. The lowest BCUT2D eigenvalue weighted by Gasteiger charge is -2.34. The molecule has 0 aliphatic carbocycles. The molecule has 0 spiro atoms. The highest BCUT2D eigenvalue weighted by Gasteiger charge is 2.30. The Hall–Kier alpha value is -1.39. The van der Waals surface area contributed by atoms with Crippen molar-refractivity contribution in [3.63, 3.8) is 0 Å². The Kier molecular flexibility index (Phi) is 3.99. The highest BCUT2D eigenvalue weighted by atomic mass is 16.4. The van der Waals surface area contributed by atoms with Gasteiger partial charge >= 0.3 is 5.97 Å². The average molecular weight is 249 g/mol. The molecule has 98 valence electrons. The number of rotatable bonds is 4. The maximum absolute atomic E-state index is 11.3. The third-order valence-corrected chi connectivity index (χ3v) is 3.47. The zero-order valence-electron chi connectivity index (χ0n) is 10.5. The molecule has 18 heavy (non-hydrogen) atoms. The van der Waals surface area contributed by atoms with Crippen LogP contribution >= 0.6 is 0 Å². The van der Waals surface area contributed by atoms with Crippen LogP contribution in [-0.2, 0) is 17.8 Å². The van der Waals surface area contributed by atoms with Gasteiger partial charge in [0.2, 0.25) is 0 Å². The number of nitrogens with zero attached hydrogens (tertiary/aromatic N) is 1. The molecule has 1 aliphatic heterocycles. The van der Waals surface area contributed by atoms with E-state index in [1.807, 2.05) is 29.2 Å². The van der Waals surface area contributed by atoms with E-state index in [-0.39, 0.29) is 0 Å². The van der Waals surface area contributed by atoms with Gasteiger partial charge in [0.05, 0.1) is 6.10 Å². The second kappa shape index (κ2) is 5.50. The largest absolute Gasteiger partial charge is 0.480 e. The number of hydrogen-bond donors (Lipinski definition) is 2. The predicted octanol–water partition coefficient (Wildman–Crippen LogP) is 1.27. The molecule has 1 heterocycles. The van der Waals surface area contributed by atoms with Crippen LogP contribution in [-0.4, -0.2) is 39.8 Å². The van der Waals surface area contributed by atoms with Gasteiger partial charge in [-0.2, -0.15) is 0 Å². The molecule has 0 saturated heterocycles. The van der Waals surface area contributed by atoms with Crippen molar-refractivity contribution in [2.24, 2.45) is 0 Å². The minimum atomic E-state index is -0.782. The van der Waals surface area contributed by atoms with E-state index in [0.717, 1.165) is 5.56 Å². The SMILES string of the molecule is CC(O)CCN1Cc2ccccc2CC1C(=O)O. The quantitative estimate of drug-likeness (QED) is 0.843. The maximum Gasteiger partial charge on any atom is 0.321 e. The van der Waals surface area contributed by atoms with Gasteiger partial charge in [0.1, 0.15) is 6.04 Å². The van der Waals surface area contributed by atoms with Crippen molar-refractivity contribution in [3.05, 3.63) is 35.4 Å². The molecular formula is C14H19NO3. The van der Waals surface area contributed by atoms with Crippen LogP contribution in [0.2, 0.25) is 0 Å². The molecule has 4 nitrogen and oxygen atoms in total. The molecule has 0 aromatic heterocycles. The second-order valence-corrected chi connectivity index (χ2v) is 4.94. The van der Waals surface area contributed by atoms with Crippen molar-refractivity contribution >= 4 is 5.97 Å². The molecule has 2 N–H and O–H groups in total. The van der Waals surface area contributed by atoms with E-state index in [4.69, 9.17) is 0 Å². The van der Waals surface area contributed by atoms with Crippen LogP contribution in [0.5, 0.6) is 0 Å². The number of fused-ring (bicyclic) bond motifs is 1. The molecule has 2 atom stereocenters. The van der Waals surface area contributed by atoms with E-state index in [0.29, 0.717) is 25.9 Å². The van der Waals surface area contributed by atoms with Crippen LogP contribution in [0.15, 0.2) is 24.3 Å². The molecule has 2 unspecified atom stereocenters. The zero-order chi connectivity index (χ0) is 13.1. The molecule has 4 heteroatoms. The molecule has 0 amide bonds. The highest BCUT2D eigenvalue weighted by molar-refractivity contribution is 5.74. The topological polar surface area (TPSA) is 60.8 Å². The second-order valence-electron chi connectivity index (χ2n) is 4.94. The fraction of sp³-hybridized carbons (Fsp3) is 0.500. The molecule has 0 bridgehead atoms. The van der Waals surface area contributed by atoms with Gasteiger partial charge in [-0.15, -0.1) is 0 Å². The van der Waals surface area contributed by atoms with Crippen molar-refractivity contribution in [2.45, 2.75) is 38.5 Å². The van der Waals surface area contributed by atoms with E-state index in [9.17, 15) is 15.0 Å². The lowest BCUT2D eigenvalue weighted by molar-refractivity contribution is -0.144. The summed E-state index contributed by atoms with van der Waals surface area (Å²) in [7, 11) is 0. The first kappa shape index (κ1) is 13.1. The van der Waals surface area contributed by atoms with Crippen LogP contribution in [0.3, 0.4) is 0 Å². The number of carboxylic acids is 1. The molecule has 0 saturated carbocycles. The molecule has 0 fully saturated rings. The minimum absolute atomic E-state index is 0.392. The minimum Gasteiger partial charge on any atom is -0.480 e. The first-order chi connectivity index (χ1) is 8.58. The van der Waals surface area contributed by atoms with Crippen molar-refractivity contribution in [3.8, 4) is 0 Å². The highest BCUT2D eigenvalue weighted by Crippen LogP contribution is 2.23. The van der Waals surface area contributed by atoms with Crippen LogP contribution in [0.25, 0.3) is 0 Å². The number of aliphatic carboxylic acids is 1. The molecule has 2 rings (SSSR count). The Balaban J connectivity index is 2.15. The Morgan fingerprint density at radius 2 is 2.11 bits per heavy atom. The van der Waals surface area contributed by atoms with E-state index in [1.165, 1.54) is 5.56 Å². The summed E-state index contributed by atoms with van der Waals surface area (Å²) in [5.41, 5.74) is 2.32. The van der Waals surface area contributed by atoms with E-state index in [1.54, 1.807) is 6.92 Å². The van der Waals surface area contributed by atoms with Crippen molar-refractivity contribution in [1.82, 2.24) is 4.90 Å². The molecule has 1 aromatic rings. The summed E-state index contributed by atoms with van der Waals surface area (Å²) in [5.74, 6) is -0.782. The Labute approximate surface area is 107 Å². The molecule has 0 radical (unpaired) electrons. The number of aliphatic hydroxyl groups is 1. The third kappa shape index (κ3) is 2.89. The van der Waals surface area contributed by atoms with Crippen molar-refractivity contribution in [2.75, 3.05) is 6.54 Å². The lowest BCUT2D eigenvalue weighted by atomic mass is 9.94. The molecule has 1 aliphatic rings. The molecule has 1 aromatic carbocycles. The van der Waals surface area contributed by atoms with Gasteiger partial charge in [0, 0.05) is 13.1 Å². The average Bonchev–Trinajstić information content (AvgIpc) is 2.35. The van der Waals surface area contributed by atoms with Crippen molar-refractivity contribution in [1.29, 1.82) is 0 Å². The standard InChI is InChI=1S/C14H19NO3/c1-10(16)6-7-15-9-12-5-3-2-4-11(12)8-13(15)14(17)18/h2-5,10,13,16H,6-9H2,1H3,(H,17,18). The summed E-state index contributed by atoms with van der Waals surface area (Å²) in [5, 5.41) is 18.6. The summed E-state index contributed by atoms with van der Waals surface area (Å²) in [6.45, 7) is 3.00. The van der Waals surface area contributed by atoms with Gasteiger partial charge in [-0.05, 0) is 30.9 Å². The summed E-state index contributed by atoms with van der Waals surface area (Å²) in [6.07, 6.45) is 0.758. The monoisotopic (exact) mass is 249 g/mol. The molecular weight excluding hydrogens is 230 g/mol. The zero-order valence-corrected chi connectivity index (χ0v) is 10.5. The number of carboxylic acid groups (broad SMARTS) is 1. The van der Waals surface area contributed by atoms with Gasteiger partial charge in [-0.25, -0.2) is 0 Å². The van der Waals surface area contributed by atoms with Gasteiger partial charge in [0.15, 0.2) is 0 Å². The van der Waals surface area contributed by atoms with Gasteiger partial charge in [-0.3, -0.25) is 9.69 Å². The fourth-order valence-electron chi connectivity index (χ4n) is 2.41. The fourth-order valence-corrected chi connectivity index (χ4v) is 2.41. The Morgan fingerprint density at radius 3 is 2.72 bits per heavy atom. The van der Waals surface area contributed by atoms with Crippen LogP contribution in [0.1, 0.15) is 24.5 Å². The van der Waals surface area contributed by atoms with Crippen LogP contribution in [0, 0.1) is 0 Å². The van der Waals surface area contributed by atoms with E-state index in [2.05, 4.69) is 0 Å². The number of benzene rings is 1. The van der Waals surface area contributed by atoms with Crippen molar-refractivity contribution < 1.29 is 15.0 Å². The first-order valence-electron chi connectivity index (χ1n) is 6.29.